The zero-order valence-corrected chi connectivity index (χ0v) is 10.2. The number of likely N-dealkylation sites (N-methyl/N-ethyl adjacent to an activating group) is 1. The second-order valence-electron chi connectivity index (χ2n) is 4.29. The highest BCUT2D eigenvalue weighted by Gasteiger charge is 2.34. The fraction of sp³-hybridized carbons (Fsp3) is 0.667. The molecule has 0 unspecified atom stereocenters. The van der Waals surface area contributed by atoms with Crippen molar-refractivity contribution in [1.29, 1.82) is 0 Å². The standard InChI is InChI=1S/C12H20N2S/c1-2-13-10-12(5-7-14-8-6-12)11-4-3-9-15-11/h3-4,9,13-14H,2,5-8,10H2,1H3. The Labute approximate surface area is 96.1 Å². The van der Waals surface area contributed by atoms with Gasteiger partial charge < -0.3 is 10.6 Å². The van der Waals surface area contributed by atoms with Crippen LogP contribution in [0.1, 0.15) is 24.6 Å². The van der Waals surface area contributed by atoms with Crippen molar-refractivity contribution in [2.45, 2.75) is 25.2 Å². The van der Waals surface area contributed by atoms with E-state index >= 15 is 0 Å². The molecule has 2 heterocycles. The lowest BCUT2D eigenvalue weighted by molar-refractivity contribution is 0.300. The van der Waals surface area contributed by atoms with E-state index < -0.39 is 0 Å². The zero-order valence-electron chi connectivity index (χ0n) is 9.38. The predicted molar refractivity (Wildman–Crippen MR) is 66.6 cm³/mol. The largest absolute Gasteiger partial charge is 0.317 e. The molecule has 0 saturated carbocycles. The van der Waals surface area contributed by atoms with Gasteiger partial charge in [-0.1, -0.05) is 13.0 Å². The zero-order chi connectivity index (χ0) is 10.6. The summed E-state index contributed by atoms with van der Waals surface area (Å²) in [5.74, 6) is 0. The van der Waals surface area contributed by atoms with Crippen LogP contribution in [0.4, 0.5) is 0 Å². The van der Waals surface area contributed by atoms with Crippen LogP contribution in [0.15, 0.2) is 17.5 Å². The molecule has 2 N–H and O–H groups in total. The molecular weight excluding hydrogens is 204 g/mol. The van der Waals surface area contributed by atoms with E-state index in [2.05, 4.69) is 35.1 Å². The van der Waals surface area contributed by atoms with Gasteiger partial charge in [0.15, 0.2) is 0 Å². The van der Waals surface area contributed by atoms with Gasteiger partial charge in [-0.3, -0.25) is 0 Å². The van der Waals surface area contributed by atoms with Crippen LogP contribution in [-0.2, 0) is 5.41 Å². The van der Waals surface area contributed by atoms with Gasteiger partial charge in [-0.2, -0.15) is 0 Å². The van der Waals surface area contributed by atoms with Gasteiger partial charge in [0.25, 0.3) is 0 Å². The third-order valence-corrected chi connectivity index (χ3v) is 4.43. The Kier molecular flexibility index (Phi) is 3.78. The van der Waals surface area contributed by atoms with Gasteiger partial charge in [-0.25, -0.2) is 0 Å². The summed E-state index contributed by atoms with van der Waals surface area (Å²) in [7, 11) is 0. The van der Waals surface area contributed by atoms with Crippen molar-refractivity contribution in [1.82, 2.24) is 10.6 Å². The second kappa shape index (κ2) is 5.10. The Hall–Kier alpha value is -0.380. The highest BCUT2D eigenvalue weighted by Crippen LogP contribution is 2.35. The van der Waals surface area contributed by atoms with E-state index in [1.54, 1.807) is 4.88 Å². The van der Waals surface area contributed by atoms with Crippen LogP contribution < -0.4 is 10.6 Å². The molecule has 0 spiro atoms. The molecule has 1 aromatic heterocycles. The van der Waals surface area contributed by atoms with E-state index in [9.17, 15) is 0 Å². The fourth-order valence-corrected chi connectivity index (χ4v) is 3.35. The van der Waals surface area contributed by atoms with Crippen molar-refractivity contribution < 1.29 is 0 Å². The lowest BCUT2D eigenvalue weighted by atomic mass is 9.77. The van der Waals surface area contributed by atoms with Crippen molar-refractivity contribution in [3.63, 3.8) is 0 Å². The number of rotatable bonds is 4. The molecule has 2 nitrogen and oxygen atoms in total. The average molecular weight is 224 g/mol. The fourth-order valence-electron chi connectivity index (χ4n) is 2.36. The first kappa shape index (κ1) is 11.1. The molecule has 0 atom stereocenters. The molecule has 1 saturated heterocycles. The number of hydrogen-bond donors (Lipinski definition) is 2. The van der Waals surface area contributed by atoms with Crippen LogP contribution in [0.3, 0.4) is 0 Å². The molecule has 1 fully saturated rings. The minimum atomic E-state index is 0.398. The van der Waals surface area contributed by atoms with E-state index in [-0.39, 0.29) is 0 Å². The maximum atomic E-state index is 3.53. The molecule has 0 aromatic carbocycles. The third kappa shape index (κ3) is 2.41. The van der Waals surface area contributed by atoms with Gasteiger partial charge >= 0.3 is 0 Å². The molecule has 0 radical (unpaired) electrons. The highest BCUT2D eigenvalue weighted by atomic mass is 32.1. The molecule has 2 rings (SSSR count). The van der Waals surface area contributed by atoms with Gasteiger partial charge in [-0.15, -0.1) is 11.3 Å². The first-order chi connectivity index (χ1) is 7.37. The third-order valence-electron chi connectivity index (χ3n) is 3.32. The summed E-state index contributed by atoms with van der Waals surface area (Å²) < 4.78 is 0. The van der Waals surface area contributed by atoms with Crippen LogP contribution >= 0.6 is 11.3 Å². The molecule has 1 aliphatic rings. The summed E-state index contributed by atoms with van der Waals surface area (Å²) in [6.07, 6.45) is 2.53. The van der Waals surface area contributed by atoms with Gasteiger partial charge in [0.05, 0.1) is 0 Å². The Bertz CT molecular complexity index is 276. The first-order valence-electron chi connectivity index (χ1n) is 5.83. The molecule has 0 aliphatic carbocycles. The summed E-state index contributed by atoms with van der Waals surface area (Å²) in [6, 6.07) is 4.48. The van der Waals surface area contributed by atoms with E-state index in [1.165, 1.54) is 12.8 Å². The number of hydrogen-bond acceptors (Lipinski definition) is 3. The van der Waals surface area contributed by atoms with Gasteiger partial charge in [0.2, 0.25) is 0 Å². The lowest BCUT2D eigenvalue weighted by Gasteiger charge is -2.37. The number of nitrogens with one attached hydrogen (secondary N) is 2. The predicted octanol–water partition coefficient (Wildman–Crippen LogP) is 1.98. The maximum Gasteiger partial charge on any atom is 0.0196 e. The first-order valence-corrected chi connectivity index (χ1v) is 6.71. The van der Waals surface area contributed by atoms with Crippen molar-refractivity contribution in [2.24, 2.45) is 0 Å². The molecule has 84 valence electrons. The minimum Gasteiger partial charge on any atom is -0.317 e. The normalized spacial score (nSPS) is 20.3. The van der Waals surface area contributed by atoms with Crippen molar-refractivity contribution in [3.8, 4) is 0 Å². The number of piperidine rings is 1. The van der Waals surface area contributed by atoms with Crippen LogP contribution in [0.5, 0.6) is 0 Å². The van der Waals surface area contributed by atoms with E-state index in [1.807, 2.05) is 11.3 Å². The van der Waals surface area contributed by atoms with Crippen LogP contribution in [0, 0.1) is 0 Å². The van der Waals surface area contributed by atoms with Crippen molar-refractivity contribution in [3.05, 3.63) is 22.4 Å². The maximum absolute atomic E-state index is 3.53. The van der Waals surface area contributed by atoms with E-state index in [0.29, 0.717) is 5.41 Å². The molecule has 0 amide bonds. The number of thiophene rings is 1. The summed E-state index contributed by atoms with van der Waals surface area (Å²) >= 11 is 1.91. The van der Waals surface area contributed by atoms with Crippen LogP contribution in [0.2, 0.25) is 0 Å². The topological polar surface area (TPSA) is 24.1 Å². The molecular formula is C12H20N2S. The van der Waals surface area contributed by atoms with E-state index in [0.717, 1.165) is 26.2 Å². The highest BCUT2D eigenvalue weighted by molar-refractivity contribution is 7.10. The molecule has 3 heteroatoms. The Balaban J connectivity index is 2.14. The van der Waals surface area contributed by atoms with Crippen LogP contribution in [-0.4, -0.2) is 26.2 Å². The Morgan fingerprint density at radius 1 is 1.47 bits per heavy atom. The lowest BCUT2D eigenvalue weighted by Crippen LogP contribution is -2.45. The SMILES string of the molecule is CCNCC1(c2cccs2)CCNCC1. The minimum absolute atomic E-state index is 0.398. The summed E-state index contributed by atoms with van der Waals surface area (Å²) in [4.78, 5) is 1.56. The Morgan fingerprint density at radius 2 is 2.27 bits per heavy atom. The van der Waals surface area contributed by atoms with Crippen molar-refractivity contribution >= 4 is 11.3 Å². The average Bonchev–Trinajstić information content (AvgIpc) is 2.82. The van der Waals surface area contributed by atoms with Gasteiger partial charge in [-0.05, 0) is 43.9 Å². The quantitative estimate of drug-likeness (QED) is 0.817. The second-order valence-corrected chi connectivity index (χ2v) is 5.24. The van der Waals surface area contributed by atoms with Crippen molar-refractivity contribution in [2.75, 3.05) is 26.2 Å². The van der Waals surface area contributed by atoms with Gasteiger partial charge in [0, 0.05) is 16.8 Å². The van der Waals surface area contributed by atoms with Gasteiger partial charge in [0.1, 0.15) is 0 Å². The van der Waals surface area contributed by atoms with Crippen LogP contribution in [0.25, 0.3) is 0 Å². The Morgan fingerprint density at radius 3 is 2.87 bits per heavy atom. The summed E-state index contributed by atoms with van der Waals surface area (Å²) in [5.41, 5.74) is 0.398. The smallest absolute Gasteiger partial charge is 0.0196 e. The molecule has 0 bridgehead atoms. The van der Waals surface area contributed by atoms with E-state index in [4.69, 9.17) is 0 Å². The molecule has 1 aromatic rings. The summed E-state index contributed by atoms with van der Waals surface area (Å²) in [5, 5.41) is 9.18. The molecule has 1 aliphatic heterocycles. The monoisotopic (exact) mass is 224 g/mol. The molecule has 15 heavy (non-hydrogen) atoms. The summed E-state index contributed by atoms with van der Waals surface area (Å²) in [6.45, 7) is 6.70.